The van der Waals surface area contributed by atoms with Gasteiger partial charge in [0.05, 0.1) is 6.10 Å². The van der Waals surface area contributed by atoms with Crippen molar-refractivity contribution in [2.75, 3.05) is 11.6 Å². The molecule has 0 spiro atoms. The summed E-state index contributed by atoms with van der Waals surface area (Å²) in [6, 6.07) is 5.11. The van der Waals surface area contributed by atoms with Crippen LogP contribution in [0.3, 0.4) is 0 Å². The number of carboxylic acids is 1. The van der Waals surface area contributed by atoms with Crippen molar-refractivity contribution in [3.05, 3.63) is 24.3 Å². The van der Waals surface area contributed by atoms with E-state index in [2.05, 4.69) is 10.6 Å². The summed E-state index contributed by atoms with van der Waals surface area (Å²) in [6.07, 6.45) is 0.730. The van der Waals surface area contributed by atoms with Gasteiger partial charge >= 0.3 is 12.0 Å². The average molecular weight is 284 g/mol. The predicted molar refractivity (Wildman–Crippen MR) is 73.5 cm³/mol. The second-order valence-corrected chi connectivity index (χ2v) is 4.77. The molecular formula is C12H16N2O4S. The van der Waals surface area contributed by atoms with E-state index in [0.717, 1.165) is 4.90 Å². The molecule has 7 heteroatoms. The van der Waals surface area contributed by atoms with E-state index in [0.29, 0.717) is 5.69 Å². The lowest BCUT2D eigenvalue weighted by molar-refractivity contribution is -0.141. The molecule has 0 radical (unpaired) electrons. The van der Waals surface area contributed by atoms with Gasteiger partial charge in [0.1, 0.15) is 0 Å². The van der Waals surface area contributed by atoms with E-state index >= 15 is 0 Å². The molecule has 19 heavy (non-hydrogen) atoms. The van der Waals surface area contributed by atoms with Crippen LogP contribution in [-0.2, 0) is 4.79 Å². The molecule has 1 aromatic rings. The maximum atomic E-state index is 11.6. The molecule has 0 heterocycles. The molecular weight excluding hydrogens is 268 g/mol. The molecule has 0 aliphatic rings. The van der Waals surface area contributed by atoms with E-state index in [1.54, 1.807) is 18.2 Å². The van der Waals surface area contributed by atoms with Crippen molar-refractivity contribution in [2.24, 2.45) is 0 Å². The van der Waals surface area contributed by atoms with Crippen LogP contribution in [0, 0.1) is 0 Å². The first-order valence-corrected chi connectivity index (χ1v) is 6.79. The van der Waals surface area contributed by atoms with E-state index in [9.17, 15) is 14.7 Å². The van der Waals surface area contributed by atoms with Crippen LogP contribution in [0.4, 0.5) is 10.5 Å². The van der Waals surface area contributed by atoms with E-state index < -0.39 is 24.1 Å². The van der Waals surface area contributed by atoms with Crippen LogP contribution in [0.5, 0.6) is 0 Å². The highest BCUT2D eigenvalue weighted by molar-refractivity contribution is 7.98. The number of carboxylic acid groups (broad SMARTS) is 1. The first-order chi connectivity index (χ1) is 8.93. The van der Waals surface area contributed by atoms with Crippen LogP contribution in [0.2, 0.25) is 0 Å². The van der Waals surface area contributed by atoms with Crippen molar-refractivity contribution >= 4 is 29.4 Å². The van der Waals surface area contributed by atoms with Gasteiger partial charge in [0.25, 0.3) is 0 Å². The molecule has 4 N–H and O–H groups in total. The fraction of sp³-hybridized carbons (Fsp3) is 0.333. The summed E-state index contributed by atoms with van der Waals surface area (Å²) in [7, 11) is 0. The minimum absolute atomic E-state index is 0.555. The summed E-state index contributed by atoms with van der Waals surface area (Å²) in [4.78, 5) is 23.4. The molecule has 104 valence electrons. The Morgan fingerprint density at radius 1 is 1.37 bits per heavy atom. The largest absolute Gasteiger partial charge is 0.480 e. The number of hydrogen-bond acceptors (Lipinski definition) is 4. The van der Waals surface area contributed by atoms with Gasteiger partial charge in [-0.25, -0.2) is 9.59 Å². The number of rotatable bonds is 5. The average Bonchev–Trinajstić information content (AvgIpc) is 2.35. The lowest BCUT2D eigenvalue weighted by atomic mass is 10.2. The van der Waals surface area contributed by atoms with E-state index in [1.165, 1.54) is 18.7 Å². The van der Waals surface area contributed by atoms with Crippen molar-refractivity contribution in [3.8, 4) is 0 Å². The molecule has 0 saturated heterocycles. The minimum Gasteiger partial charge on any atom is -0.480 e. The third kappa shape index (κ3) is 4.80. The number of thioether (sulfide) groups is 1. The van der Waals surface area contributed by atoms with Crippen LogP contribution < -0.4 is 10.6 Å². The Bertz CT molecular complexity index is 465. The van der Waals surface area contributed by atoms with Crippen LogP contribution in [0.15, 0.2) is 29.2 Å². The third-order valence-corrected chi connectivity index (χ3v) is 3.09. The van der Waals surface area contributed by atoms with Crippen molar-refractivity contribution < 1.29 is 19.8 Å². The monoisotopic (exact) mass is 284 g/mol. The van der Waals surface area contributed by atoms with Crippen LogP contribution >= 0.6 is 11.8 Å². The van der Waals surface area contributed by atoms with Gasteiger partial charge in [-0.3, -0.25) is 0 Å². The van der Waals surface area contributed by atoms with Gasteiger partial charge in [0, 0.05) is 10.6 Å². The number of aliphatic hydroxyl groups is 1. The van der Waals surface area contributed by atoms with Gasteiger partial charge in [0.2, 0.25) is 0 Å². The van der Waals surface area contributed by atoms with Gasteiger partial charge < -0.3 is 20.8 Å². The van der Waals surface area contributed by atoms with Gasteiger partial charge in [-0.2, -0.15) is 0 Å². The van der Waals surface area contributed by atoms with Crippen molar-refractivity contribution in [2.45, 2.75) is 24.0 Å². The lowest BCUT2D eigenvalue weighted by Crippen LogP contribution is -2.49. The first kappa shape index (κ1) is 15.3. The van der Waals surface area contributed by atoms with Gasteiger partial charge in [0.15, 0.2) is 6.04 Å². The van der Waals surface area contributed by atoms with Gasteiger partial charge in [-0.15, -0.1) is 11.8 Å². The van der Waals surface area contributed by atoms with Crippen molar-refractivity contribution in [3.63, 3.8) is 0 Å². The molecule has 0 aliphatic heterocycles. The number of hydrogen-bond donors (Lipinski definition) is 4. The first-order valence-electron chi connectivity index (χ1n) is 5.56. The Morgan fingerprint density at radius 3 is 2.58 bits per heavy atom. The summed E-state index contributed by atoms with van der Waals surface area (Å²) in [5.41, 5.74) is 0.555. The highest BCUT2D eigenvalue weighted by Gasteiger charge is 2.24. The van der Waals surface area contributed by atoms with E-state index in [4.69, 9.17) is 5.11 Å². The number of carbonyl (C=O) groups excluding carboxylic acids is 1. The highest BCUT2D eigenvalue weighted by Crippen LogP contribution is 2.18. The van der Waals surface area contributed by atoms with Crippen LogP contribution in [0.25, 0.3) is 0 Å². The maximum Gasteiger partial charge on any atom is 0.328 e. The Kier molecular flexibility index (Phi) is 5.65. The summed E-state index contributed by atoms with van der Waals surface area (Å²) >= 11 is 1.53. The smallest absolute Gasteiger partial charge is 0.328 e. The number of urea groups is 1. The summed E-state index contributed by atoms with van der Waals surface area (Å²) in [6.45, 7) is 1.30. The van der Waals surface area contributed by atoms with Crippen molar-refractivity contribution in [1.82, 2.24) is 5.32 Å². The molecule has 2 unspecified atom stereocenters. The summed E-state index contributed by atoms with van der Waals surface area (Å²) < 4.78 is 0. The zero-order valence-electron chi connectivity index (χ0n) is 10.6. The Balaban J connectivity index is 2.66. The zero-order valence-corrected chi connectivity index (χ0v) is 11.4. The Hall–Kier alpha value is -1.73. The number of amides is 2. The molecule has 0 saturated carbocycles. The summed E-state index contributed by atoms with van der Waals surface area (Å²) in [5, 5.41) is 22.8. The number of carbonyl (C=O) groups is 2. The standard InChI is InChI=1S/C12H16N2O4S/c1-7(15)10(11(16)17)14-12(18)13-8-4-3-5-9(6-8)19-2/h3-7,10,15H,1-2H3,(H,16,17)(H2,13,14,18). The number of aliphatic hydroxyl groups excluding tert-OH is 1. The van der Waals surface area contributed by atoms with E-state index in [1.807, 2.05) is 12.3 Å². The molecule has 0 aromatic heterocycles. The lowest BCUT2D eigenvalue weighted by Gasteiger charge is -2.17. The number of nitrogens with one attached hydrogen (secondary N) is 2. The van der Waals surface area contributed by atoms with Crippen LogP contribution in [0.1, 0.15) is 6.92 Å². The fourth-order valence-corrected chi connectivity index (χ4v) is 1.86. The van der Waals surface area contributed by atoms with E-state index in [-0.39, 0.29) is 0 Å². The Morgan fingerprint density at radius 2 is 2.05 bits per heavy atom. The molecule has 0 bridgehead atoms. The second-order valence-electron chi connectivity index (χ2n) is 3.89. The molecule has 2 amide bonds. The SMILES string of the molecule is CSc1cccc(NC(=O)NC(C(=O)O)C(C)O)c1. The minimum atomic E-state index is -1.34. The fourth-order valence-electron chi connectivity index (χ4n) is 1.40. The second kappa shape index (κ2) is 7.01. The number of anilines is 1. The molecule has 2 atom stereocenters. The molecule has 1 rings (SSSR count). The number of benzene rings is 1. The third-order valence-electron chi connectivity index (χ3n) is 2.36. The predicted octanol–water partition coefficient (Wildman–Crippen LogP) is 1.36. The molecule has 6 nitrogen and oxygen atoms in total. The molecule has 0 fully saturated rings. The maximum absolute atomic E-state index is 11.6. The van der Waals surface area contributed by atoms with Crippen molar-refractivity contribution in [1.29, 1.82) is 0 Å². The number of aliphatic carboxylic acids is 1. The van der Waals surface area contributed by atoms with Gasteiger partial charge in [-0.1, -0.05) is 6.07 Å². The summed E-state index contributed by atoms with van der Waals surface area (Å²) in [5.74, 6) is -1.29. The topological polar surface area (TPSA) is 98.7 Å². The molecule has 0 aliphatic carbocycles. The molecule has 1 aromatic carbocycles. The normalized spacial score (nSPS) is 13.4. The quantitative estimate of drug-likeness (QED) is 0.612. The van der Waals surface area contributed by atoms with Gasteiger partial charge in [-0.05, 0) is 31.4 Å². The zero-order chi connectivity index (χ0) is 14.4. The van der Waals surface area contributed by atoms with Crippen LogP contribution in [-0.4, -0.2) is 40.6 Å². The Labute approximate surface area is 115 Å². The highest BCUT2D eigenvalue weighted by atomic mass is 32.2.